The molecule has 0 saturated carbocycles. The van der Waals surface area contributed by atoms with Gasteiger partial charge < -0.3 is 4.42 Å². The van der Waals surface area contributed by atoms with Crippen LogP contribution in [0.5, 0.6) is 0 Å². The highest BCUT2D eigenvalue weighted by molar-refractivity contribution is 6.30. The van der Waals surface area contributed by atoms with Gasteiger partial charge in [0.1, 0.15) is 5.76 Å². The van der Waals surface area contributed by atoms with Gasteiger partial charge in [0.05, 0.1) is 6.26 Å². The van der Waals surface area contributed by atoms with Gasteiger partial charge in [0.15, 0.2) is 0 Å². The first-order valence-electron chi connectivity index (χ1n) is 5.83. The first-order chi connectivity index (χ1) is 9.22. The van der Waals surface area contributed by atoms with E-state index in [1.165, 1.54) is 0 Å². The van der Waals surface area contributed by atoms with Crippen LogP contribution in [0.1, 0.15) is 0 Å². The molecule has 0 unspecified atom stereocenters. The number of benzene rings is 2. The Labute approximate surface area is 121 Å². The average Bonchev–Trinajstić information content (AvgIpc) is 2.90. The molecule has 0 bridgehead atoms. The van der Waals surface area contributed by atoms with Gasteiger partial charge in [0.25, 0.3) is 0 Å². The Morgan fingerprint density at radius 2 is 1.16 bits per heavy atom. The summed E-state index contributed by atoms with van der Waals surface area (Å²) < 4.78 is 5.60. The van der Waals surface area contributed by atoms with Crippen molar-refractivity contribution < 1.29 is 4.42 Å². The second-order valence-electron chi connectivity index (χ2n) is 4.21. The van der Waals surface area contributed by atoms with Crippen LogP contribution in [0.15, 0.2) is 65.3 Å². The molecule has 19 heavy (non-hydrogen) atoms. The number of halogens is 2. The van der Waals surface area contributed by atoms with Crippen molar-refractivity contribution in [3.8, 4) is 22.5 Å². The topological polar surface area (TPSA) is 13.1 Å². The van der Waals surface area contributed by atoms with E-state index in [-0.39, 0.29) is 0 Å². The lowest BCUT2D eigenvalue weighted by Crippen LogP contribution is -1.73. The van der Waals surface area contributed by atoms with Crippen LogP contribution in [0, 0.1) is 0 Å². The fourth-order valence-corrected chi connectivity index (χ4v) is 2.15. The molecular weight excluding hydrogens is 279 g/mol. The molecule has 0 saturated heterocycles. The maximum Gasteiger partial charge on any atom is 0.134 e. The van der Waals surface area contributed by atoms with Gasteiger partial charge in [-0.25, -0.2) is 0 Å². The van der Waals surface area contributed by atoms with Crippen LogP contribution in [-0.2, 0) is 0 Å². The summed E-state index contributed by atoms with van der Waals surface area (Å²) in [7, 11) is 0. The molecule has 94 valence electrons. The first-order valence-corrected chi connectivity index (χ1v) is 6.58. The zero-order valence-corrected chi connectivity index (χ0v) is 11.4. The lowest BCUT2D eigenvalue weighted by molar-refractivity contribution is 0.583. The van der Waals surface area contributed by atoms with Gasteiger partial charge in [0.2, 0.25) is 0 Å². The van der Waals surface area contributed by atoms with Gasteiger partial charge in [-0.15, -0.1) is 0 Å². The minimum absolute atomic E-state index is 0.716. The second kappa shape index (κ2) is 5.12. The van der Waals surface area contributed by atoms with Crippen LogP contribution >= 0.6 is 23.2 Å². The van der Waals surface area contributed by atoms with Gasteiger partial charge in [-0.1, -0.05) is 35.3 Å². The van der Waals surface area contributed by atoms with Gasteiger partial charge in [-0.05, 0) is 48.0 Å². The fraction of sp³-hybridized carbons (Fsp3) is 0. The summed E-state index contributed by atoms with van der Waals surface area (Å²) in [6.45, 7) is 0. The van der Waals surface area contributed by atoms with E-state index in [1.54, 1.807) is 6.26 Å². The maximum atomic E-state index is 5.88. The van der Waals surface area contributed by atoms with Crippen LogP contribution in [0.3, 0.4) is 0 Å². The van der Waals surface area contributed by atoms with Crippen molar-refractivity contribution in [3.63, 3.8) is 0 Å². The summed E-state index contributed by atoms with van der Waals surface area (Å²) in [5.41, 5.74) is 3.11. The molecule has 3 aromatic rings. The monoisotopic (exact) mass is 288 g/mol. The standard InChI is InChI=1S/C16H10Cl2O/c17-14-5-1-11(2-6-14)13-9-16(19-10-13)12-3-7-15(18)8-4-12/h1-10H. The normalized spacial score (nSPS) is 10.6. The Morgan fingerprint density at radius 1 is 0.632 bits per heavy atom. The van der Waals surface area contributed by atoms with E-state index in [9.17, 15) is 0 Å². The van der Waals surface area contributed by atoms with Crippen molar-refractivity contribution in [2.75, 3.05) is 0 Å². The van der Waals surface area contributed by atoms with Crippen LogP contribution < -0.4 is 0 Å². The molecule has 0 aliphatic carbocycles. The highest BCUT2D eigenvalue weighted by atomic mass is 35.5. The summed E-state index contributed by atoms with van der Waals surface area (Å²) in [6, 6.07) is 17.3. The van der Waals surface area contributed by atoms with E-state index in [0.29, 0.717) is 5.02 Å². The zero-order chi connectivity index (χ0) is 13.2. The third-order valence-electron chi connectivity index (χ3n) is 2.91. The van der Waals surface area contributed by atoms with E-state index >= 15 is 0 Å². The molecule has 1 nitrogen and oxygen atoms in total. The number of hydrogen-bond donors (Lipinski definition) is 0. The molecule has 0 aliphatic heterocycles. The number of furan rings is 1. The zero-order valence-electron chi connectivity index (χ0n) is 9.94. The third kappa shape index (κ3) is 2.67. The summed E-state index contributed by atoms with van der Waals surface area (Å²) >= 11 is 11.8. The summed E-state index contributed by atoms with van der Waals surface area (Å²) in [6.07, 6.45) is 1.74. The van der Waals surface area contributed by atoms with Crippen LogP contribution in [0.2, 0.25) is 10.0 Å². The van der Waals surface area contributed by atoms with Gasteiger partial charge in [-0.2, -0.15) is 0 Å². The Hall–Kier alpha value is -1.70. The average molecular weight is 289 g/mol. The lowest BCUT2D eigenvalue weighted by Gasteiger charge is -1.97. The SMILES string of the molecule is Clc1ccc(-c2coc(-c3ccc(Cl)cc3)c2)cc1. The molecule has 2 aromatic carbocycles. The molecular formula is C16H10Cl2O. The smallest absolute Gasteiger partial charge is 0.134 e. The van der Waals surface area contributed by atoms with Gasteiger partial charge in [0, 0.05) is 21.2 Å². The molecule has 0 N–H and O–H groups in total. The number of rotatable bonds is 2. The second-order valence-corrected chi connectivity index (χ2v) is 5.09. The molecule has 0 fully saturated rings. The van der Waals surface area contributed by atoms with Crippen LogP contribution in [0.4, 0.5) is 0 Å². The molecule has 0 amide bonds. The van der Waals surface area contributed by atoms with Crippen molar-refractivity contribution >= 4 is 23.2 Å². The van der Waals surface area contributed by atoms with Crippen LogP contribution in [0.25, 0.3) is 22.5 Å². The van der Waals surface area contributed by atoms with Crippen molar-refractivity contribution in [1.29, 1.82) is 0 Å². The predicted molar refractivity (Wildman–Crippen MR) is 79.6 cm³/mol. The van der Waals surface area contributed by atoms with E-state index in [1.807, 2.05) is 54.6 Å². The minimum atomic E-state index is 0.716. The van der Waals surface area contributed by atoms with E-state index in [4.69, 9.17) is 27.6 Å². The Kier molecular flexibility index (Phi) is 3.33. The van der Waals surface area contributed by atoms with Crippen molar-refractivity contribution in [1.82, 2.24) is 0 Å². The predicted octanol–water partition coefficient (Wildman–Crippen LogP) is 5.92. The highest BCUT2D eigenvalue weighted by Crippen LogP contribution is 2.29. The molecule has 1 aromatic heterocycles. The molecule has 0 aliphatic rings. The molecule has 0 atom stereocenters. The third-order valence-corrected chi connectivity index (χ3v) is 3.41. The van der Waals surface area contributed by atoms with Crippen molar-refractivity contribution in [2.45, 2.75) is 0 Å². The summed E-state index contributed by atoms with van der Waals surface area (Å²) in [4.78, 5) is 0. The molecule has 1 heterocycles. The largest absolute Gasteiger partial charge is 0.464 e. The first kappa shape index (κ1) is 12.3. The van der Waals surface area contributed by atoms with E-state index in [0.717, 1.165) is 27.5 Å². The molecule has 3 rings (SSSR count). The van der Waals surface area contributed by atoms with E-state index in [2.05, 4.69) is 0 Å². The quantitative estimate of drug-likeness (QED) is 0.570. The van der Waals surface area contributed by atoms with Crippen LogP contribution in [-0.4, -0.2) is 0 Å². The van der Waals surface area contributed by atoms with E-state index < -0.39 is 0 Å². The summed E-state index contributed by atoms with van der Waals surface area (Å²) in [5.74, 6) is 0.821. The Balaban J connectivity index is 1.95. The fourth-order valence-electron chi connectivity index (χ4n) is 1.90. The van der Waals surface area contributed by atoms with Gasteiger partial charge >= 0.3 is 0 Å². The summed E-state index contributed by atoms with van der Waals surface area (Å²) in [5, 5.41) is 1.44. The Bertz CT molecular complexity index is 622. The highest BCUT2D eigenvalue weighted by Gasteiger charge is 2.06. The molecule has 0 radical (unpaired) electrons. The van der Waals surface area contributed by atoms with Crippen molar-refractivity contribution in [3.05, 3.63) is 70.9 Å². The minimum Gasteiger partial charge on any atom is -0.464 e. The maximum absolute atomic E-state index is 5.88. The Morgan fingerprint density at radius 3 is 1.74 bits per heavy atom. The number of hydrogen-bond acceptors (Lipinski definition) is 1. The van der Waals surface area contributed by atoms with Crippen molar-refractivity contribution in [2.24, 2.45) is 0 Å². The van der Waals surface area contributed by atoms with Gasteiger partial charge in [-0.3, -0.25) is 0 Å². The molecule has 3 heteroatoms. The molecule has 0 spiro atoms. The lowest BCUT2D eigenvalue weighted by atomic mass is 10.1.